The maximum Gasteiger partial charge on any atom is 0.277 e. The van der Waals surface area contributed by atoms with Crippen LogP contribution in [0.5, 0.6) is 0 Å². The van der Waals surface area contributed by atoms with E-state index in [0.29, 0.717) is 23.0 Å². The zero-order valence-corrected chi connectivity index (χ0v) is 15.3. The van der Waals surface area contributed by atoms with Crippen LogP contribution in [-0.2, 0) is 5.66 Å². The number of carbonyl (C=O) groups is 1. The Morgan fingerprint density at radius 1 is 1.33 bits per heavy atom. The minimum Gasteiger partial charge on any atom is -0.384 e. The number of anilines is 3. The molecule has 0 fully saturated rings. The van der Waals surface area contributed by atoms with Gasteiger partial charge in [0.2, 0.25) is 0 Å². The standard InChI is InChI=1S/C19H22N6O2/c1-11-8-13(23-15-9-14(20)21-10-22-15)18(27)25-16(11)17(26)24-19(25)7-5-3-4-6-12(19)2/h5,7-10,12H,3-4,6H2,1-2H3,(H,24,26)(H3,20,21,22,23). The van der Waals surface area contributed by atoms with Gasteiger partial charge in [0.1, 0.15) is 35.0 Å². The molecule has 0 saturated carbocycles. The SMILES string of the molecule is Cc1cc(Nc2cc(N)ncn2)c(=O)n2c1C(=O)NC21C=CCCCC1C. The van der Waals surface area contributed by atoms with Gasteiger partial charge in [-0.3, -0.25) is 14.2 Å². The minimum atomic E-state index is -0.840. The Labute approximate surface area is 156 Å². The van der Waals surface area contributed by atoms with Crippen molar-refractivity contribution in [3.63, 3.8) is 0 Å². The molecule has 1 spiro atoms. The first-order chi connectivity index (χ1) is 12.9. The van der Waals surface area contributed by atoms with E-state index >= 15 is 0 Å². The van der Waals surface area contributed by atoms with E-state index in [1.54, 1.807) is 16.7 Å². The number of nitrogens with two attached hydrogens (primary N) is 1. The molecule has 2 aliphatic rings. The normalized spacial score (nSPS) is 23.8. The zero-order valence-electron chi connectivity index (χ0n) is 15.3. The molecule has 3 heterocycles. The number of nitrogens with zero attached hydrogens (tertiary/aromatic N) is 3. The van der Waals surface area contributed by atoms with Crippen LogP contribution >= 0.6 is 0 Å². The molecule has 0 aromatic carbocycles. The highest BCUT2D eigenvalue weighted by molar-refractivity contribution is 5.97. The fourth-order valence-corrected chi connectivity index (χ4v) is 3.99. The van der Waals surface area contributed by atoms with Crippen molar-refractivity contribution in [2.24, 2.45) is 5.92 Å². The third kappa shape index (κ3) is 2.68. The Kier molecular flexibility index (Phi) is 3.98. The van der Waals surface area contributed by atoms with Gasteiger partial charge in [-0.05, 0) is 43.9 Å². The highest BCUT2D eigenvalue weighted by atomic mass is 16.2. The molecule has 1 amide bonds. The Morgan fingerprint density at radius 2 is 2.15 bits per heavy atom. The number of hydrogen-bond acceptors (Lipinski definition) is 6. The van der Waals surface area contributed by atoms with Gasteiger partial charge >= 0.3 is 0 Å². The van der Waals surface area contributed by atoms with E-state index in [1.165, 1.54) is 6.33 Å². The number of aromatic nitrogens is 3. The van der Waals surface area contributed by atoms with Crippen LogP contribution in [0.2, 0.25) is 0 Å². The van der Waals surface area contributed by atoms with Crippen molar-refractivity contribution >= 4 is 23.2 Å². The van der Waals surface area contributed by atoms with Crippen molar-refractivity contribution in [3.8, 4) is 0 Å². The molecule has 0 radical (unpaired) electrons. The highest BCUT2D eigenvalue weighted by Gasteiger charge is 2.47. The summed E-state index contributed by atoms with van der Waals surface area (Å²) in [6, 6.07) is 3.23. The predicted molar refractivity (Wildman–Crippen MR) is 103 cm³/mol. The van der Waals surface area contributed by atoms with Gasteiger partial charge in [0.25, 0.3) is 11.5 Å². The average Bonchev–Trinajstić information content (AvgIpc) is 2.81. The van der Waals surface area contributed by atoms with E-state index in [-0.39, 0.29) is 17.4 Å². The molecule has 8 nitrogen and oxygen atoms in total. The van der Waals surface area contributed by atoms with Crippen molar-refractivity contribution in [2.75, 3.05) is 11.1 Å². The Bertz CT molecular complexity index is 1010. The van der Waals surface area contributed by atoms with Crippen LogP contribution in [0.1, 0.15) is 42.2 Å². The van der Waals surface area contributed by atoms with Crippen molar-refractivity contribution in [2.45, 2.75) is 38.8 Å². The molecule has 4 N–H and O–H groups in total. The topological polar surface area (TPSA) is 115 Å². The Hall–Kier alpha value is -3.16. The number of amides is 1. The quantitative estimate of drug-likeness (QED) is 0.701. The van der Waals surface area contributed by atoms with E-state index < -0.39 is 5.66 Å². The first-order valence-corrected chi connectivity index (χ1v) is 9.04. The molecule has 4 rings (SSSR count). The summed E-state index contributed by atoms with van der Waals surface area (Å²) in [5.41, 5.74) is 6.06. The van der Waals surface area contributed by atoms with Crippen LogP contribution in [0.25, 0.3) is 0 Å². The number of carbonyl (C=O) groups excluding carboxylic acids is 1. The third-order valence-corrected chi connectivity index (χ3v) is 5.37. The maximum absolute atomic E-state index is 13.4. The number of nitrogen functional groups attached to an aromatic ring is 1. The lowest BCUT2D eigenvalue weighted by Gasteiger charge is -2.34. The van der Waals surface area contributed by atoms with Crippen molar-refractivity contribution in [3.05, 3.63) is 52.2 Å². The van der Waals surface area contributed by atoms with Gasteiger partial charge in [-0.25, -0.2) is 9.97 Å². The average molecular weight is 366 g/mol. The second kappa shape index (κ2) is 6.22. The molecule has 8 heteroatoms. The molecule has 2 aromatic rings. The summed E-state index contributed by atoms with van der Waals surface area (Å²) in [6.07, 6.45) is 8.22. The summed E-state index contributed by atoms with van der Waals surface area (Å²) in [4.78, 5) is 34.1. The fraction of sp³-hybridized carbons (Fsp3) is 0.368. The molecule has 0 saturated heterocycles. The van der Waals surface area contributed by atoms with Gasteiger partial charge in [-0.15, -0.1) is 0 Å². The summed E-state index contributed by atoms with van der Waals surface area (Å²) < 4.78 is 1.60. The van der Waals surface area contributed by atoms with Crippen LogP contribution in [0.15, 0.2) is 35.4 Å². The molecule has 2 aromatic heterocycles. The second-order valence-electron chi connectivity index (χ2n) is 7.20. The molecular formula is C19H22N6O2. The molecule has 27 heavy (non-hydrogen) atoms. The largest absolute Gasteiger partial charge is 0.384 e. The molecule has 1 aliphatic carbocycles. The predicted octanol–water partition coefficient (Wildman–Crippen LogP) is 2.04. The molecule has 2 atom stereocenters. The van der Waals surface area contributed by atoms with Gasteiger partial charge in [0.15, 0.2) is 0 Å². The lowest BCUT2D eigenvalue weighted by molar-refractivity contribution is 0.0907. The van der Waals surface area contributed by atoms with E-state index in [9.17, 15) is 9.59 Å². The first kappa shape index (κ1) is 17.3. The number of aryl methyl sites for hydroxylation is 1. The van der Waals surface area contributed by atoms with Crippen molar-refractivity contribution in [1.29, 1.82) is 0 Å². The van der Waals surface area contributed by atoms with Crippen molar-refractivity contribution < 1.29 is 4.79 Å². The number of fused-ring (bicyclic) bond motifs is 2. The number of allylic oxidation sites excluding steroid dienone is 1. The van der Waals surface area contributed by atoms with Crippen LogP contribution in [0.3, 0.4) is 0 Å². The zero-order chi connectivity index (χ0) is 19.2. The number of rotatable bonds is 2. The van der Waals surface area contributed by atoms with Crippen molar-refractivity contribution in [1.82, 2.24) is 19.9 Å². The monoisotopic (exact) mass is 366 g/mol. The summed E-state index contributed by atoms with van der Waals surface area (Å²) in [5.74, 6) is 0.596. The lowest BCUT2D eigenvalue weighted by Crippen LogP contribution is -2.50. The number of nitrogens with one attached hydrogen (secondary N) is 2. The van der Waals surface area contributed by atoms with Gasteiger partial charge in [0, 0.05) is 12.0 Å². The van der Waals surface area contributed by atoms with E-state index in [4.69, 9.17) is 5.73 Å². The van der Waals surface area contributed by atoms with Gasteiger partial charge < -0.3 is 16.4 Å². The third-order valence-electron chi connectivity index (χ3n) is 5.37. The minimum absolute atomic E-state index is 0.0866. The molecular weight excluding hydrogens is 344 g/mol. The summed E-state index contributed by atoms with van der Waals surface area (Å²) >= 11 is 0. The van der Waals surface area contributed by atoms with Crippen LogP contribution in [0.4, 0.5) is 17.3 Å². The van der Waals surface area contributed by atoms with Gasteiger partial charge in [0.05, 0.1) is 0 Å². The number of pyridine rings is 1. The Morgan fingerprint density at radius 3 is 2.93 bits per heavy atom. The lowest BCUT2D eigenvalue weighted by atomic mass is 9.91. The second-order valence-corrected chi connectivity index (χ2v) is 7.20. The number of hydrogen-bond donors (Lipinski definition) is 3. The summed E-state index contributed by atoms with van der Waals surface area (Å²) in [6.45, 7) is 3.90. The van der Waals surface area contributed by atoms with Gasteiger partial charge in [-0.2, -0.15) is 0 Å². The summed E-state index contributed by atoms with van der Waals surface area (Å²) in [5, 5.41) is 6.09. The fourth-order valence-electron chi connectivity index (χ4n) is 3.99. The highest BCUT2D eigenvalue weighted by Crippen LogP contribution is 2.37. The smallest absolute Gasteiger partial charge is 0.277 e. The van der Waals surface area contributed by atoms with E-state index in [1.807, 2.05) is 19.1 Å². The van der Waals surface area contributed by atoms with E-state index in [0.717, 1.165) is 24.8 Å². The van der Waals surface area contributed by atoms with Crippen LogP contribution in [-0.4, -0.2) is 20.4 Å². The van der Waals surface area contributed by atoms with E-state index in [2.05, 4.69) is 27.5 Å². The first-order valence-electron chi connectivity index (χ1n) is 9.04. The molecule has 1 aliphatic heterocycles. The van der Waals surface area contributed by atoms with Crippen LogP contribution in [0, 0.1) is 12.8 Å². The van der Waals surface area contributed by atoms with Crippen LogP contribution < -0.4 is 21.9 Å². The Balaban J connectivity index is 1.90. The van der Waals surface area contributed by atoms with Gasteiger partial charge in [-0.1, -0.05) is 13.0 Å². The summed E-state index contributed by atoms with van der Waals surface area (Å²) in [7, 11) is 0. The maximum atomic E-state index is 13.4. The molecule has 140 valence electrons. The molecule has 2 unspecified atom stereocenters. The molecule has 0 bridgehead atoms.